The second kappa shape index (κ2) is 6.87. The van der Waals surface area contributed by atoms with Gasteiger partial charge in [0.1, 0.15) is 11.1 Å². The number of aromatic nitrogens is 2. The molecular formula is C18H16N4O2S. The summed E-state index contributed by atoms with van der Waals surface area (Å²) in [6, 6.07) is 9.23. The topological polar surface area (TPSA) is 87.8 Å². The van der Waals surface area contributed by atoms with E-state index in [9.17, 15) is 14.9 Å². The molecule has 2 heterocycles. The van der Waals surface area contributed by atoms with E-state index in [1.54, 1.807) is 18.2 Å². The lowest BCUT2D eigenvalue weighted by Gasteiger charge is -2.07. The Bertz CT molecular complexity index is 1060. The Hall–Kier alpha value is -2.98. The van der Waals surface area contributed by atoms with Crippen LogP contribution in [0.4, 0.5) is 5.00 Å². The summed E-state index contributed by atoms with van der Waals surface area (Å²) < 4.78 is 1.43. The molecule has 0 bridgehead atoms. The number of para-hydroxylation sites is 1. The molecule has 0 aliphatic heterocycles. The lowest BCUT2D eigenvalue weighted by Crippen LogP contribution is -2.23. The maximum atomic E-state index is 12.4. The maximum Gasteiger partial charge on any atom is 0.261 e. The van der Waals surface area contributed by atoms with Crippen LogP contribution >= 0.6 is 11.3 Å². The summed E-state index contributed by atoms with van der Waals surface area (Å²) >= 11 is 1.39. The SMILES string of the molecule is Cc1sc(NC(=O)CCn2cnc3ccccc3c2=O)c(C#N)c1C. The first kappa shape index (κ1) is 16.9. The highest BCUT2D eigenvalue weighted by atomic mass is 32.1. The summed E-state index contributed by atoms with van der Waals surface area (Å²) in [6.45, 7) is 4.00. The van der Waals surface area contributed by atoms with E-state index in [0.717, 1.165) is 10.4 Å². The minimum atomic E-state index is -0.238. The molecule has 0 fully saturated rings. The highest BCUT2D eigenvalue weighted by Gasteiger charge is 2.14. The van der Waals surface area contributed by atoms with Crippen LogP contribution in [0.3, 0.4) is 0 Å². The molecule has 1 aromatic carbocycles. The highest BCUT2D eigenvalue weighted by Crippen LogP contribution is 2.31. The zero-order valence-corrected chi connectivity index (χ0v) is 14.7. The van der Waals surface area contributed by atoms with Crippen molar-refractivity contribution in [3.8, 4) is 6.07 Å². The number of aryl methyl sites for hydroxylation is 2. The molecular weight excluding hydrogens is 336 g/mol. The molecule has 2 aromatic heterocycles. The number of hydrogen-bond acceptors (Lipinski definition) is 5. The Kier molecular flexibility index (Phi) is 4.63. The van der Waals surface area contributed by atoms with Gasteiger partial charge in [-0.15, -0.1) is 11.3 Å². The van der Waals surface area contributed by atoms with Gasteiger partial charge in [-0.1, -0.05) is 12.1 Å². The third kappa shape index (κ3) is 3.30. The van der Waals surface area contributed by atoms with Gasteiger partial charge >= 0.3 is 0 Å². The minimum absolute atomic E-state index is 0.126. The fraction of sp³-hybridized carbons (Fsp3) is 0.222. The Labute approximate surface area is 148 Å². The van der Waals surface area contributed by atoms with Crippen LogP contribution < -0.4 is 10.9 Å². The lowest BCUT2D eigenvalue weighted by atomic mass is 10.2. The van der Waals surface area contributed by atoms with Crippen LogP contribution in [-0.2, 0) is 11.3 Å². The number of rotatable bonds is 4. The van der Waals surface area contributed by atoms with Crippen molar-refractivity contribution in [3.05, 3.63) is 57.0 Å². The maximum absolute atomic E-state index is 12.4. The van der Waals surface area contributed by atoms with E-state index in [0.29, 0.717) is 21.5 Å². The van der Waals surface area contributed by atoms with Gasteiger partial charge in [0.25, 0.3) is 5.56 Å². The molecule has 3 aromatic rings. The summed E-state index contributed by atoms with van der Waals surface area (Å²) in [5.74, 6) is -0.238. The third-order valence-corrected chi connectivity index (χ3v) is 5.18. The summed E-state index contributed by atoms with van der Waals surface area (Å²) in [6.07, 6.45) is 1.58. The van der Waals surface area contributed by atoms with Gasteiger partial charge in [-0.3, -0.25) is 14.2 Å². The smallest absolute Gasteiger partial charge is 0.261 e. The van der Waals surface area contributed by atoms with E-state index in [4.69, 9.17) is 0 Å². The molecule has 0 aliphatic carbocycles. The van der Waals surface area contributed by atoms with Crippen molar-refractivity contribution in [2.75, 3.05) is 5.32 Å². The number of nitriles is 1. The van der Waals surface area contributed by atoms with E-state index in [1.807, 2.05) is 19.9 Å². The van der Waals surface area contributed by atoms with E-state index in [1.165, 1.54) is 22.2 Å². The molecule has 0 atom stereocenters. The standard InChI is InChI=1S/C18H16N4O2S/c1-11-12(2)25-17(14(11)9-19)21-16(23)7-8-22-10-20-15-6-4-3-5-13(15)18(22)24/h3-6,10H,7-8H2,1-2H3,(H,21,23). The predicted octanol–water partition coefficient (Wildman–Crippen LogP) is 2.98. The number of fused-ring (bicyclic) bond motifs is 1. The molecule has 0 saturated carbocycles. The van der Waals surface area contributed by atoms with Crippen molar-refractivity contribution in [2.24, 2.45) is 0 Å². The largest absolute Gasteiger partial charge is 0.317 e. The Morgan fingerprint density at radius 2 is 2.12 bits per heavy atom. The van der Waals surface area contributed by atoms with Crippen molar-refractivity contribution in [1.29, 1.82) is 5.26 Å². The van der Waals surface area contributed by atoms with Crippen molar-refractivity contribution >= 4 is 33.1 Å². The van der Waals surface area contributed by atoms with Gasteiger partial charge < -0.3 is 5.32 Å². The Morgan fingerprint density at radius 1 is 1.36 bits per heavy atom. The molecule has 0 unspecified atom stereocenters. The first-order chi connectivity index (χ1) is 12.0. The van der Waals surface area contributed by atoms with Gasteiger partial charge in [0.2, 0.25) is 5.91 Å². The Morgan fingerprint density at radius 3 is 2.88 bits per heavy atom. The van der Waals surface area contributed by atoms with E-state index in [2.05, 4.69) is 16.4 Å². The number of nitrogens with one attached hydrogen (secondary N) is 1. The first-order valence-electron chi connectivity index (χ1n) is 7.75. The van der Waals surface area contributed by atoms with E-state index in [-0.39, 0.29) is 24.4 Å². The number of carbonyl (C=O) groups is 1. The van der Waals surface area contributed by atoms with Crippen LogP contribution in [0.25, 0.3) is 10.9 Å². The summed E-state index contributed by atoms with van der Waals surface area (Å²) in [5, 5.41) is 13.1. The molecule has 0 saturated heterocycles. The monoisotopic (exact) mass is 352 g/mol. The minimum Gasteiger partial charge on any atom is -0.317 e. The highest BCUT2D eigenvalue weighted by molar-refractivity contribution is 7.16. The van der Waals surface area contributed by atoms with Crippen LogP contribution in [0.5, 0.6) is 0 Å². The van der Waals surface area contributed by atoms with Gasteiger partial charge in [0.15, 0.2) is 0 Å². The average molecular weight is 352 g/mol. The molecule has 6 nitrogen and oxygen atoms in total. The predicted molar refractivity (Wildman–Crippen MR) is 97.8 cm³/mol. The van der Waals surface area contributed by atoms with Crippen molar-refractivity contribution in [2.45, 2.75) is 26.8 Å². The number of thiophene rings is 1. The summed E-state index contributed by atoms with van der Waals surface area (Å²) in [5.41, 5.74) is 1.86. The van der Waals surface area contributed by atoms with Crippen LogP contribution in [0.2, 0.25) is 0 Å². The third-order valence-electron chi connectivity index (χ3n) is 4.06. The summed E-state index contributed by atoms with van der Waals surface area (Å²) in [4.78, 5) is 29.8. The van der Waals surface area contributed by atoms with Gasteiger partial charge in [0.05, 0.1) is 22.8 Å². The zero-order valence-electron chi connectivity index (χ0n) is 13.9. The number of carbonyl (C=O) groups excluding carboxylic acids is 1. The number of hydrogen-bond donors (Lipinski definition) is 1. The van der Waals surface area contributed by atoms with Gasteiger partial charge in [-0.25, -0.2) is 4.98 Å². The fourth-order valence-corrected chi connectivity index (χ4v) is 3.55. The number of benzene rings is 1. The van der Waals surface area contributed by atoms with E-state index >= 15 is 0 Å². The molecule has 25 heavy (non-hydrogen) atoms. The second-order valence-electron chi connectivity index (χ2n) is 5.66. The van der Waals surface area contributed by atoms with E-state index < -0.39 is 0 Å². The summed E-state index contributed by atoms with van der Waals surface area (Å²) in [7, 11) is 0. The average Bonchev–Trinajstić information content (AvgIpc) is 2.87. The number of amides is 1. The van der Waals surface area contributed by atoms with Crippen LogP contribution in [0.1, 0.15) is 22.4 Å². The van der Waals surface area contributed by atoms with Crippen LogP contribution in [-0.4, -0.2) is 15.5 Å². The van der Waals surface area contributed by atoms with Crippen LogP contribution in [0, 0.1) is 25.2 Å². The molecule has 3 rings (SSSR count). The normalized spacial score (nSPS) is 10.6. The molecule has 1 amide bonds. The van der Waals surface area contributed by atoms with Crippen molar-refractivity contribution in [3.63, 3.8) is 0 Å². The van der Waals surface area contributed by atoms with Crippen molar-refractivity contribution in [1.82, 2.24) is 9.55 Å². The molecule has 7 heteroatoms. The lowest BCUT2D eigenvalue weighted by molar-refractivity contribution is -0.116. The molecule has 1 N–H and O–H groups in total. The van der Waals surface area contributed by atoms with Crippen molar-refractivity contribution < 1.29 is 4.79 Å². The molecule has 0 aliphatic rings. The molecule has 0 spiro atoms. The van der Waals surface area contributed by atoms with Gasteiger partial charge in [-0.05, 0) is 31.5 Å². The number of nitrogens with zero attached hydrogens (tertiary/aromatic N) is 3. The molecule has 0 radical (unpaired) electrons. The van der Waals surface area contributed by atoms with Gasteiger partial charge in [0, 0.05) is 17.8 Å². The van der Waals surface area contributed by atoms with Crippen LogP contribution in [0.15, 0.2) is 35.4 Å². The molecule has 126 valence electrons. The number of anilines is 1. The second-order valence-corrected chi connectivity index (χ2v) is 6.88. The van der Waals surface area contributed by atoms with Gasteiger partial charge in [-0.2, -0.15) is 5.26 Å². The quantitative estimate of drug-likeness (QED) is 0.782. The first-order valence-corrected chi connectivity index (χ1v) is 8.57. The Balaban J connectivity index is 1.73. The fourth-order valence-electron chi connectivity index (χ4n) is 2.53. The zero-order chi connectivity index (χ0) is 18.0.